The molecule has 1 fully saturated rings. The summed E-state index contributed by atoms with van der Waals surface area (Å²) in [4.78, 5) is 0.342. The van der Waals surface area contributed by atoms with Crippen LogP contribution in [0.4, 0.5) is 0 Å². The first-order valence-electron chi connectivity index (χ1n) is 7.50. The van der Waals surface area contributed by atoms with Crippen LogP contribution in [-0.4, -0.2) is 31.9 Å². The van der Waals surface area contributed by atoms with Gasteiger partial charge in [-0.05, 0) is 36.1 Å². The lowest BCUT2D eigenvalue weighted by Crippen LogP contribution is -2.39. The lowest BCUT2D eigenvalue weighted by atomic mass is 10.1. The smallest absolute Gasteiger partial charge is 0.243 e. The molecule has 0 bridgehead atoms. The van der Waals surface area contributed by atoms with E-state index in [2.05, 4.69) is 0 Å². The summed E-state index contributed by atoms with van der Waals surface area (Å²) in [5, 5.41) is 0. The Kier molecular flexibility index (Phi) is 4.29. The summed E-state index contributed by atoms with van der Waals surface area (Å²) in [6.45, 7) is 0.928. The maximum atomic E-state index is 12.9. The molecule has 1 saturated heterocycles. The lowest BCUT2D eigenvalue weighted by Gasteiger charge is -2.23. The van der Waals surface area contributed by atoms with Gasteiger partial charge in [0.15, 0.2) is 0 Å². The van der Waals surface area contributed by atoms with Gasteiger partial charge in [0.05, 0.1) is 4.90 Å². The van der Waals surface area contributed by atoms with Gasteiger partial charge in [-0.3, -0.25) is 0 Å². The summed E-state index contributed by atoms with van der Waals surface area (Å²) in [7, 11) is -3.48. The summed E-state index contributed by atoms with van der Waals surface area (Å²) in [5.41, 5.74) is 7.63. The molecule has 22 heavy (non-hydrogen) atoms. The molecule has 0 aliphatic carbocycles. The number of rotatable bonds is 4. The van der Waals surface area contributed by atoms with E-state index in [4.69, 9.17) is 5.73 Å². The van der Waals surface area contributed by atoms with Crippen molar-refractivity contribution in [2.24, 2.45) is 5.73 Å². The number of hydrogen-bond acceptors (Lipinski definition) is 3. The minimum Gasteiger partial charge on any atom is -0.329 e. The molecule has 2 aromatic carbocycles. The van der Waals surface area contributed by atoms with Crippen molar-refractivity contribution < 1.29 is 8.42 Å². The van der Waals surface area contributed by atoms with Crippen LogP contribution in [0.5, 0.6) is 0 Å². The molecule has 0 saturated carbocycles. The van der Waals surface area contributed by atoms with Crippen molar-refractivity contribution in [3.63, 3.8) is 0 Å². The normalized spacial score (nSPS) is 19.4. The fourth-order valence-electron chi connectivity index (χ4n) is 2.96. The molecule has 1 aliphatic heterocycles. The lowest BCUT2D eigenvalue weighted by molar-refractivity contribution is 0.393. The van der Waals surface area contributed by atoms with Crippen molar-refractivity contribution in [3.05, 3.63) is 54.6 Å². The van der Waals surface area contributed by atoms with Gasteiger partial charge in [0.25, 0.3) is 0 Å². The molecule has 1 unspecified atom stereocenters. The zero-order valence-electron chi connectivity index (χ0n) is 12.4. The third kappa shape index (κ3) is 2.79. The van der Waals surface area contributed by atoms with Crippen molar-refractivity contribution in [3.8, 4) is 11.1 Å². The molecule has 1 atom stereocenters. The molecule has 0 amide bonds. The van der Waals surface area contributed by atoms with Crippen LogP contribution in [0.3, 0.4) is 0 Å². The Bertz CT molecular complexity index is 744. The summed E-state index contributed by atoms with van der Waals surface area (Å²) >= 11 is 0. The average molecular weight is 316 g/mol. The Morgan fingerprint density at radius 2 is 1.77 bits per heavy atom. The molecule has 0 spiro atoms. The second kappa shape index (κ2) is 6.20. The quantitative estimate of drug-likeness (QED) is 0.942. The molecule has 4 nitrogen and oxygen atoms in total. The van der Waals surface area contributed by atoms with Crippen LogP contribution < -0.4 is 5.73 Å². The van der Waals surface area contributed by atoms with E-state index >= 15 is 0 Å². The highest BCUT2D eigenvalue weighted by Crippen LogP contribution is 2.28. The number of benzene rings is 2. The molecular weight excluding hydrogens is 296 g/mol. The van der Waals surface area contributed by atoms with Crippen LogP contribution in [0.15, 0.2) is 59.5 Å². The summed E-state index contributed by atoms with van der Waals surface area (Å²) in [6, 6.07) is 16.8. The minimum atomic E-state index is -3.48. The van der Waals surface area contributed by atoms with Crippen molar-refractivity contribution in [1.29, 1.82) is 0 Å². The summed E-state index contributed by atoms with van der Waals surface area (Å²) in [6.07, 6.45) is 1.72. The van der Waals surface area contributed by atoms with Crippen LogP contribution >= 0.6 is 0 Å². The van der Waals surface area contributed by atoms with Gasteiger partial charge in [0.2, 0.25) is 10.0 Å². The molecule has 2 aromatic rings. The van der Waals surface area contributed by atoms with Gasteiger partial charge in [0.1, 0.15) is 0 Å². The standard InChI is InChI=1S/C17H20N2O2S/c18-13-16-9-5-11-19(16)22(20,21)17-10-4-8-15(12-17)14-6-2-1-3-7-14/h1-4,6-8,10,12,16H,5,9,11,13,18H2. The first kappa shape index (κ1) is 15.2. The minimum absolute atomic E-state index is 0.0784. The number of sulfonamides is 1. The predicted octanol–water partition coefficient (Wildman–Crippen LogP) is 2.47. The predicted molar refractivity (Wildman–Crippen MR) is 87.8 cm³/mol. The van der Waals surface area contributed by atoms with E-state index in [0.29, 0.717) is 18.0 Å². The fraction of sp³-hybridized carbons (Fsp3) is 0.294. The Morgan fingerprint density at radius 3 is 2.50 bits per heavy atom. The second-order valence-electron chi connectivity index (χ2n) is 5.54. The number of nitrogens with two attached hydrogens (primary N) is 1. The first-order valence-corrected chi connectivity index (χ1v) is 8.94. The van der Waals surface area contributed by atoms with Crippen LogP contribution in [-0.2, 0) is 10.0 Å². The molecular formula is C17H20N2O2S. The molecule has 2 N–H and O–H groups in total. The highest BCUT2D eigenvalue weighted by molar-refractivity contribution is 7.89. The van der Waals surface area contributed by atoms with E-state index in [9.17, 15) is 8.42 Å². The van der Waals surface area contributed by atoms with Gasteiger partial charge in [-0.15, -0.1) is 0 Å². The third-order valence-electron chi connectivity index (χ3n) is 4.14. The van der Waals surface area contributed by atoms with Crippen LogP contribution in [0.1, 0.15) is 12.8 Å². The number of nitrogens with zero attached hydrogens (tertiary/aromatic N) is 1. The molecule has 0 aromatic heterocycles. The van der Waals surface area contributed by atoms with Gasteiger partial charge in [-0.2, -0.15) is 4.31 Å². The Labute approximate surface area is 131 Å². The van der Waals surface area contributed by atoms with E-state index < -0.39 is 10.0 Å². The van der Waals surface area contributed by atoms with Gasteiger partial charge in [-0.25, -0.2) is 8.42 Å². The van der Waals surface area contributed by atoms with Gasteiger partial charge < -0.3 is 5.73 Å². The van der Waals surface area contributed by atoms with Crippen molar-refractivity contribution >= 4 is 10.0 Å². The zero-order chi connectivity index (χ0) is 15.6. The third-order valence-corrected chi connectivity index (χ3v) is 6.09. The van der Waals surface area contributed by atoms with Gasteiger partial charge in [0, 0.05) is 19.1 Å². The van der Waals surface area contributed by atoms with Gasteiger partial charge >= 0.3 is 0 Å². The van der Waals surface area contributed by atoms with E-state index in [1.807, 2.05) is 36.4 Å². The zero-order valence-corrected chi connectivity index (χ0v) is 13.2. The van der Waals surface area contributed by atoms with E-state index in [1.165, 1.54) is 0 Å². The molecule has 1 aliphatic rings. The highest BCUT2D eigenvalue weighted by Gasteiger charge is 2.34. The molecule has 1 heterocycles. The Balaban J connectivity index is 1.98. The van der Waals surface area contributed by atoms with Crippen LogP contribution in [0.25, 0.3) is 11.1 Å². The maximum absolute atomic E-state index is 12.9. The van der Waals surface area contributed by atoms with Crippen molar-refractivity contribution in [2.75, 3.05) is 13.1 Å². The summed E-state index contributed by atoms with van der Waals surface area (Å²) < 4.78 is 27.3. The van der Waals surface area contributed by atoms with E-state index in [-0.39, 0.29) is 6.04 Å². The number of hydrogen-bond donors (Lipinski definition) is 1. The van der Waals surface area contributed by atoms with Crippen LogP contribution in [0.2, 0.25) is 0 Å². The average Bonchev–Trinajstić information content (AvgIpc) is 3.05. The fourth-order valence-corrected chi connectivity index (χ4v) is 4.71. The largest absolute Gasteiger partial charge is 0.329 e. The van der Waals surface area contributed by atoms with Crippen molar-refractivity contribution in [1.82, 2.24) is 4.31 Å². The highest BCUT2D eigenvalue weighted by atomic mass is 32.2. The first-order chi connectivity index (χ1) is 10.6. The molecule has 3 rings (SSSR count). The molecule has 116 valence electrons. The maximum Gasteiger partial charge on any atom is 0.243 e. The van der Waals surface area contributed by atoms with Crippen molar-refractivity contribution in [2.45, 2.75) is 23.8 Å². The van der Waals surface area contributed by atoms with Crippen LogP contribution in [0, 0.1) is 0 Å². The van der Waals surface area contributed by atoms with E-state index in [1.54, 1.807) is 22.5 Å². The molecule has 0 radical (unpaired) electrons. The SMILES string of the molecule is NCC1CCCN1S(=O)(=O)c1cccc(-c2ccccc2)c1. The van der Waals surface area contributed by atoms with Gasteiger partial charge in [-0.1, -0.05) is 42.5 Å². The van der Waals surface area contributed by atoms with E-state index in [0.717, 1.165) is 24.0 Å². The summed E-state index contributed by atoms with van der Waals surface area (Å²) in [5.74, 6) is 0. The monoisotopic (exact) mass is 316 g/mol. The Morgan fingerprint density at radius 1 is 1.05 bits per heavy atom. The molecule has 5 heteroatoms. The Hall–Kier alpha value is -1.69. The second-order valence-corrected chi connectivity index (χ2v) is 7.43. The topological polar surface area (TPSA) is 63.4 Å².